The number of benzene rings is 2. The maximum atomic E-state index is 12.2. The van der Waals surface area contributed by atoms with Gasteiger partial charge in [-0.15, -0.1) is 0 Å². The second-order valence-electron chi connectivity index (χ2n) is 5.53. The number of hydrogen-bond acceptors (Lipinski definition) is 4. The van der Waals surface area contributed by atoms with Gasteiger partial charge in [-0.05, 0) is 24.6 Å². The normalized spacial score (nSPS) is 11.6. The molecule has 0 fully saturated rings. The first kappa shape index (κ1) is 18.8. The maximum absolute atomic E-state index is 12.2. The molecule has 3 N–H and O–H groups in total. The van der Waals surface area contributed by atoms with Crippen molar-refractivity contribution in [1.82, 2.24) is 5.32 Å². The van der Waals surface area contributed by atoms with Crippen molar-refractivity contribution in [3.05, 3.63) is 59.7 Å². The molecule has 0 radical (unpaired) electrons. The Morgan fingerprint density at radius 3 is 2.56 bits per heavy atom. The highest BCUT2D eigenvalue weighted by Crippen LogP contribution is 2.23. The monoisotopic (exact) mass is 344 g/mol. The number of aliphatic hydroxyl groups is 1. The van der Waals surface area contributed by atoms with Gasteiger partial charge >= 0.3 is 6.03 Å². The highest BCUT2D eigenvalue weighted by molar-refractivity contribution is 5.90. The van der Waals surface area contributed by atoms with Crippen LogP contribution in [-0.2, 0) is 4.74 Å². The molecule has 0 aliphatic carbocycles. The Balaban J connectivity index is 1.97. The zero-order valence-corrected chi connectivity index (χ0v) is 14.5. The SMILES string of the molecule is COc1ccccc1NC(=O)NCC(OCCO)c1ccc(C)cc1. The van der Waals surface area contributed by atoms with E-state index in [1.54, 1.807) is 19.2 Å². The number of rotatable bonds is 8. The van der Waals surface area contributed by atoms with Crippen molar-refractivity contribution in [2.45, 2.75) is 13.0 Å². The number of amides is 2. The van der Waals surface area contributed by atoms with E-state index in [4.69, 9.17) is 14.6 Å². The summed E-state index contributed by atoms with van der Waals surface area (Å²) in [6.45, 7) is 2.42. The van der Waals surface area contributed by atoms with Crippen LogP contribution >= 0.6 is 0 Å². The van der Waals surface area contributed by atoms with Crippen molar-refractivity contribution < 1.29 is 19.4 Å². The Labute approximate surface area is 147 Å². The van der Waals surface area contributed by atoms with Crippen molar-refractivity contribution in [2.24, 2.45) is 0 Å². The highest BCUT2D eigenvalue weighted by Gasteiger charge is 2.14. The molecule has 25 heavy (non-hydrogen) atoms. The minimum atomic E-state index is -0.353. The molecule has 2 aromatic rings. The van der Waals surface area contributed by atoms with Crippen molar-refractivity contribution in [1.29, 1.82) is 0 Å². The third-order valence-corrected chi connectivity index (χ3v) is 3.66. The number of carbonyl (C=O) groups excluding carboxylic acids is 1. The van der Waals surface area contributed by atoms with Crippen LogP contribution in [0.5, 0.6) is 5.75 Å². The molecular weight excluding hydrogens is 320 g/mol. The molecule has 1 unspecified atom stereocenters. The quantitative estimate of drug-likeness (QED) is 0.688. The molecule has 134 valence electrons. The smallest absolute Gasteiger partial charge is 0.319 e. The van der Waals surface area contributed by atoms with Crippen LogP contribution in [0, 0.1) is 6.92 Å². The van der Waals surface area contributed by atoms with Gasteiger partial charge in [0.1, 0.15) is 5.75 Å². The van der Waals surface area contributed by atoms with E-state index in [1.807, 2.05) is 43.3 Å². The highest BCUT2D eigenvalue weighted by atomic mass is 16.5. The molecule has 0 aliphatic rings. The Morgan fingerprint density at radius 1 is 1.16 bits per heavy atom. The average molecular weight is 344 g/mol. The number of hydrogen-bond donors (Lipinski definition) is 3. The maximum Gasteiger partial charge on any atom is 0.319 e. The number of methoxy groups -OCH3 is 1. The molecule has 2 amide bonds. The van der Waals surface area contributed by atoms with E-state index >= 15 is 0 Å². The summed E-state index contributed by atoms with van der Waals surface area (Å²) in [5.74, 6) is 0.587. The first-order valence-electron chi connectivity index (χ1n) is 8.11. The summed E-state index contributed by atoms with van der Waals surface area (Å²) in [4.78, 5) is 12.2. The number of aryl methyl sites for hydroxylation is 1. The molecule has 0 bridgehead atoms. The second kappa shape index (κ2) is 9.66. The summed E-state index contributed by atoms with van der Waals surface area (Å²) < 4.78 is 10.9. The Bertz CT molecular complexity index is 673. The van der Waals surface area contributed by atoms with Crippen LogP contribution in [0.4, 0.5) is 10.5 Å². The number of urea groups is 1. The van der Waals surface area contributed by atoms with Crippen LogP contribution in [-0.4, -0.2) is 38.0 Å². The van der Waals surface area contributed by atoms with Gasteiger partial charge in [-0.3, -0.25) is 0 Å². The summed E-state index contributed by atoms with van der Waals surface area (Å²) in [5, 5.41) is 14.5. The summed E-state index contributed by atoms with van der Waals surface area (Å²) in [5.41, 5.74) is 2.67. The molecule has 1 atom stereocenters. The molecule has 6 nitrogen and oxygen atoms in total. The van der Waals surface area contributed by atoms with Crippen molar-refractivity contribution in [2.75, 3.05) is 32.2 Å². The van der Waals surface area contributed by atoms with Crippen LogP contribution < -0.4 is 15.4 Å². The van der Waals surface area contributed by atoms with Gasteiger partial charge in [0, 0.05) is 6.54 Å². The fourth-order valence-electron chi connectivity index (χ4n) is 2.35. The first-order chi connectivity index (χ1) is 12.1. The number of carbonyl (C=O) groups is 1. The molecule has 0 aromatic heterocycles. The number of ether oxygens (including phenoxy) is 2. The first-order valence-corrected chi connectivity index (χ1v) is 8.11. The van der Waals surface area contributed by atoms with Gasteiger partial charge in [-0.2, -0.15) is 0 Å². The molecule has 0 saturated heterocycles. The van der Waals surface area contributed by atoms with Gasteiger partial charge in [0.25, 0.3) is 0 Å². The lowest BCUT2D eigenvalue weighted by atomic mass is 10.1. The van der Waals surface area contributed by atoms with Crippen LogP contribution in [0.2, 0.25) is 0 Å². The third kappa shape index (κ3) is 5.77. The number of para-hydroxylation sites is 2. The van der Waals surface area contributed by atoms with E-state index in [-0.39, 0.29) is 31.9 Å². The van der Waals surface area contributed by atoms with E-state index in [2.05, 4.69) is 10.6 Å². The van der Waals surface area contributed by atoms with Crippen molar-refractivity contribution in [3.63, 3.8) is 0 Å². The van der Waals surface area contributed by atoms with E-state index < -0.39 is 0 Å². The Morgan fingerprint density at radius 2 is 1.88 bits per heavy atom. The van der Waals surface area contributed by atoms with Crippen molar-refractivity contribution in [3.8, 4) is 5.75 Å². The molecular formula is C19H24N2O4. The zero-order valence-electron chi connectivity index (χ0n) is 14.5. The van der Waals surface area contributed by atoms with Crippen LogP contribution in [0.3, 0.4) is 0 Å². The van der Waals surface area contributed by atoms with E-state index in [0.29, 0.717) is 11.4 Å². The van der Waals surface area contributed by atoms with Gasteiger partial charge in [0.15, 0.2) is 0 Å². The van der Waals surface area contributed by atoms with Gasteiger partial charge in [-0.1, -0.05) is 42.0 Å². The number of nitrogens with one attached hydrogen (secondary N) is 2. The topological polar surface area (TPSA) is 79.8 Å². The summed E-state index contributed by atoms with van der Waals surface area (Å²) in [7, 11) is 1.55. The zero-order chi connectivity index (χ0) is 18.1. The molecule has 0 saturated carbocycles. The van der Waals surface area contributed by atoms with E-state index in [1.165, 1.54) is 0 Å². The minimum Gasteiger partial charge on any atom is -0.495 e. The fourth-order valence-corrected chi connectivity index (χ4v) is 2.35. The third-order valence-electron chi connectivity index (χ3n) is 3.66. The Kier molecular flexibility index (Phi) is 7.25. The van der Waals surface area contributed by atoms with Gasteiger partial charge < -0.3 is 25.2 Å². The van der Waals surface area contributed by atoms with Gasteiger partial charge in [0.05, 0.1) is 32.1 Å². The Hall–Kier alpha value is -2.57. The lowest BCUT2D eigenvalue weighted by Gasteiger charge is -2.19. The summed E-state index contributed by atoms with van der Waals surface area (Å²) >= 11 is 0. The average Bonchev–Trinajstić information content (AvgIpc) is 2.63. The lowest BCUT2D eigenvalue weighted by Crippen LogP contribution is -2.33. The predicted octanol–water partition coefficient (Wildman–Crippen LogP) is 2.88. The van der Waals surface area contributed by atoms with Crippen LogP contribution in [0.1, 0.15) is 17.2 Å². The minimum absolute atomic E-state index is 0.0736. The molecule has 2 rings (SSSR count). The second-order valence-corrected chi connectivity index (χ2v) is 5.53. The van der Waals surface area contributed by atoms with Crippen LogP contribution in [0.25, 0.3) is 0 Å². The van der Waals surface area contributed by atoms with E-state index in [0.717, 1.165) is 11.1 Å². The summed E-state index contributed by atoms with van der Waals surface area (Å²) in [6, 6.07) is 14.7. The lowest BCUT2D eigenvalue weighted by molar-refractivity contribution is 0.0297. The van der Waals surface area contributed by atoms with Crippen LogP contribution in [0.15, 0.2) is 48.5 Å². The number of anilines is 1. The van der Waals surface area contributed by atoms with Gasteiger partial charge in [0.2, 0.25) is 0 Å². The largest absolute Gasteiger partial charge is 0.495 e. The van der Waals surface area contributed by atoms with Gasteiger partial charge in [-0.25, -0.2) is 4.79 Å². The van der Waals surface area contributed by atoms with E-state index in [9.17, 15) is 4.79 Å². The van der Waals surface area contributed by atoms with Crippen molar-refractivity contribution >= 4 is 11.7 Å². The molecule has 0 heterocycles. The molecule has 0 spiro atoms. The standard InChI is InChI=1S/C19H24N2O4/c1-14-7-9-15(10-8-14)18(25-12-11-22)13-20-19(23)21-16-5-3-4-6-17(16)24-2/h3-10,18,22H,11-13H2,1-2H3,(H2,20,21,23). The number of aliphatic hydroxyl groups excluding tert-OH is 1. The molecule has 2 aromatic carbocycles. The fraction of sp³-hybridized carbons (Fsp3) is 0.316. The molecule has 6 heteroatoms. The molecule has 0 aliphatic heterocycles. The predicted molar refractivity (Wildman–Crippen MR) is 97.0 cm³/mol. The summed E-state index contributed by atoms with van der Waals surface area (Å²) in [6.07, 6.45) is -0.337.